The number of rotatable bonds is 10. The van der Waals surface area contributed by atoms with Gasteiger partial charge in [-0.3, -0.25) is 0 Å². The SMILES string of the molecule is CCCCCCCC(NCC)c1ccc(C(=O)OC)o1. The van der Waals surface area contributed by atoms with Crippen LogP contribution < -0.4 is 5.32 Å². The van der Waals surface area contributed by atoms with Gasteiger partial charge in [-0.05, 0) is 25.1 Å². The largest absolute Gasteiger partial charge is 0.463 e. The van der Waals surface area contributed by atoms with Crippen molar-refractivity contribution in [2.75, 3.05) is 13.7 Å². The van der Waals surface area contributed by atoms with Crippen LogP contribution in [0.2, 0.25) is 0 Å². The highest BCUT2D eigenvalue weighted by atomic mass is 16.5. The molecule has 0 saturated heterocycles. The lowest BCUT2D eigenvalue weighted by Crippen LogP contribution is -2.20. The molecule has 4 nitrogen and oxygen atoms in total. The molecule has 1 unspecified atom stereocenters. The Morgan fingerprint density at radius 3 is 2.65 bits per heavy atom. The molecular formula is C16H27NO3. The van der Waals surface area contributed by atoms with Gasteiger partial charge in [0, 0.05) is 0 Å². The average Bonchev–Trinajstić information content (AvgIpc) is 2.94. The van der Waals surface area contributed by atoms with Crippen LogP contribution >= 0.6 is 0 Å². The Hall–Kier alpha value is -1.29. The summed E-state index contributed by atoms with van der Waals surface area (Å²) in [7, 11) is 1.36. The molecule has 0 fully saturated rings. The van der Waals surface area contributed by atoms with Gasteiger partial charge in [0.15, 0.2) is 0 Å². The van der Waals surface area contributed by atoms with Crippen LogP contribution in [-0.4, -0.2) is 19.6 Å². The normalized spacial score (nSPS) is 12.3. The molecule has 0 aliphatic carbocycles. The second-order valence-corrected chi connectivity index (χ2v) is 5.01. The first kappa shape index (κ1) is 16.8. The Morgan fingerprint density at radius 2 is 2.00 bits per heavy atom. The molecule has 114 valence electrons. The third-order valence-corrected chi connectivity index (χ3v) is 3.40. The van der Waals surface area contributed by atoms with E-state index in [4.69, 9.17) is 4.42 Å². The van der Waals surface area contributed by atoms with E-state index in [2.05, 4.69) is 23.9 Å². The summed E-state index contributed by atoms with van der Waals surface area (Å²) in [5.74, 6) is 0.675. The number of carbonyl (C=O) groups excluding carboxylic acids is 1. The monoisotopic (exact) mass is 281 g/mol. The number of hydrogen-bond acceptors (Lipinski definition) is 4. The number of methoxy groups -OCH3 is 1. The summed E-state index contributed by atoms with van der Waals surface area (Å²) in [4.78, 5) is 11.4. The number of unbranched alkanes of at least 4 members (excludes halogenated alkanes) is 4. The van der Waals surface area contributed by atoms with Crippen LogP contribution in [0.25, 0.3) is 0 Å². The molecule has 0 aromatic carbocycles. The molecule has 0 aliphatic heterocycles. The summed E-state index contributed by atoms with van der Waals surface area (Å²) in [6.07, 6.45) is 7.31. The Bertz CT molecular complexity index is 387. The maximum atomic E-state index is 11.4. The number of esters is 1. The van der Waals surface area contributed by atoms with Gasteiger partial charge in [0.2, 0.25) is 5.76 Å². The van der Waals surface area contributed by atoms with Crippen LogP contribution in [0, 0.1) is 0 Å². The molecule has 0 aliphatic rings. The topological polar surface area (TPSA) is 51.5 Å². The summed E-state index contributed by atoms with van der Waals surface area (Å²) in [5.41, 5.74) is 0. The van der Waals surface area contributed by atoms with E-state index in [1.54, 1.807) is 6.07 Å². The summed E-state index contributed by atoms with van der Waals surface area (Å²) in [5, 5.41) is 3.41. The van der Waals surface area contributed by atoms with Gasteiger partial charge < -0.3 is 14.5 Å². The predicted molar refractivity (Wildman–Crippen MR) is 79.8 cm³/mol. The van der Waals surface area contributed by atoms with Gasteiger partial charge in [-0.1, -0.05) is 46.0 Å². The van der Waals surface area contributed by atoms with Gasteiger partial charge in [0.1, 0.15) is 5.76 Å². The summed E-state index contributed by atoms with van der Waals surface area (Å²) < 4.78 is 10.3. The number of ether oxygens (including phenoxy) is 1. The van der Waals surface area contributed by atoms with E-state index >= 15 is 0 Å². The fraction of sp³-hybridized carbons (Fsp3) is 0.688. The lowest BCUT2D eigenvalue weighted by atomic mass is 10.0. The fourth-order valence-electron chi connectivity index (χ4n) is 2.29. The van der Waals surface area contributed by atoms with Crippen LogP contribution in [-0.2, 0) is 4.74 Å². The van der Waals surface area contributed by atoms with Crippen molar-refractivity contribution in [2.45, 2.75) is 58.4 Å². The second kappa shape index (κ2) is 9.59. The Kier molecular flexibility index (Phi) is 8.04. The summed E-state index contributed by atoms with van der Waals surface area (Å²) >= 11 is 0. The van der Waals surface area contributed by atoms with E-state index in [9.17, 15) is 4.79 Å². The molecule has 20 heavy (non-hydrogen) atoms. The van der Waals surface area contributed by atoms with Crippen LogP contribution in [0.5, 0.6) is 0 Å². The van der Waals surface area contributed by atoms with E-state index in [-0.39, 0.29) is 11.8 Å². The predicted octanol–water partition coefficient (Wildman–Crippen LogP) is 4.08. The molecule has 0 spiro atoms. The zero-order chi connectivity index (χ0) is 14.8. The lowest BCUT2D eigenvalue weighted by molar-refractivity contribution is 0.0562. The highest BCUT2D eigenvalue weighted by Gasteiger charge is 2.17. The van der Waals surface area contributed by atoms with Gasteiger partial charge in [-0.2, -0.15) is 0 Å². The fourth-order valence-corrected chi connectivity index (χ4v) is 2.29. The first-order valence-corrected chi connectivity index (χ1v) is 7.64. The van der Waals surface area contributed by atoms with E-state index < -0.39 is 5.97 Å². The van der Waals surface area contributed by atoms with Gasteiger partial charge in [-0.15, -0.1) is 0 Å². The van der Waals surface area contributed by atoms with E-state index in [1.165, 1.54) is 39.2 Å². The third-order valence-electron chi connectivity index (χ3n) is 3.40. The van der Waals surface area contributed by atoms with Crippen molar-refractivity contribution in [1.82, 2.24) is 5.32 Å². The molecule has 0 bridgehead atoms. The highest BCUT2D eigenvalue weighted by molar-refractivity contribution is 5.86. The first-order valence-electron chi connectivity index (χ1n) is 7.64. The zero-order valence-corrected chi connectivity index (χ0v) is 12.9. The van der Waals surface area contributed by atoms with Crippen LogP contribution in [0.1, 0.15) is 74.7 Å². The Balaban J connectivity index is 2.52. The van der Waals surface area contributed by atoms with Crippen LogP contribution in [0.15, 0.2) is 16.5 Å². The van der Waals surface area contributed by atoms with Gasteiger partial charge in [0.25, 0.3) is 0 Å². The molecule has 1 aromatic rings. The minimum Gasteiger partial charge on any atom is -0.463 e. The van der Waals surface area contributed by atoms with Crippen molar-refractivity contribution >= 4 is 5.97 Å². The second-order valence-electron chi connectivity index (χ2n) is 5.01. The van der Waals surface area contributed by atoms with Crippen molar-refractivity contribution in [3.05, 3.63) is 23.7 Å². The number of furan rings is 1. The quantitative estimate of drug-likeness (QED) is 0.518. The van der Waals surface area contributed by atoms with Crippen molar-refractivity contribution in [3.63, 3.8) is 0 Å². The van der Waals surface area contributed by atoms with Crippen molar-refractivity contribution in [1.29, 1.82) is 0 Å². The molecule has 4 heteroatoms. The molecule has 1 aromatic heterocycles. The summed E-state index contributed by atoms with van der Waals surface area (Å²) in [6.45, 7) is 5.18. The number of carbonyl (C=O) groups is 1. The maximum absolute atomic E-state index is 11.4. The average molecular weight is 281 g/mol. The first-order chi connectivity index (χ1) is 9.72. The maximum Gasteiger partial charge on any atom is 0.373 e. The Labute approximate surface area is 121 Å². The van der Waals surface area contributed by atoms with Crippen LogP contribution in [0.4, 0.5) is 0 Å². The standard InChI is InChI=1S/C16H27NO3/c1-4-6-7-8-9-10-13(17-5-2)14-11-12-15(20-14)16(18)19-3/h11-13,17H,4-10H2,1-3H3. The minimum atomic E-state index is -0.422. The lowest BCUT2D eigenvalue weighted by Gasteiger charge is -2.15. The van der Waals surface area contributed by atoms with E-state index in [0.717, 1.165) is 18.7 Å². The van der Waals surface area contributed by atoms with E-state index in [0.29, 0.717) is 0 Å². The number of nitrogens with one attached hydrogen (secondary N) is 1. The van der Waals surface area contributed by atoms with Gasteiger partial charge >= 0.3 is 5.97 Å². The third kappa shape index (κ3) is 5.37. The molecule has 1 heterocycles. The van der Waals surface area contributed by atoms with Gasteiger partial charge in [0.05, 0.1) is 13.2 Å². The zero-order valence-electron chi connectivity index (χ0n) is 12.9. The number of hydrogen-bond donors (Lipinski definition) is 1. The van der Waals surface area contributed by atoms with Crippen molar-refractivity contribution in [2.24, 2.45) is 0 Å². The smallest absolute Gasteiger partial charge is 0.373 e. The minimum absolute atomic E-state index is 0.181. The van der Waals surface area contributed by atoms with E-state index in [1.807, 2.05) is 6.07 Å². The van der Waals surface area contributed by atoms with Crippen molar-refractivity contribution in [3.8, 4) is 0 Å². The van der Waals surface area contributed by atoms with Gasteiger partial charge in [-0.25, -0.2) is 4.79 Å². The van der Waals surface area contributed by atoms with Crippen molar-refractivity contribution < 1.29 is 13.9 Å². The molecule has 1 N–H and O–H groups in total. The molecule has 1 rings (SSSR count). The molecule has 0 amide bonds. The highest BCUT2D eigenvalue weighted by Crippen LogP contribution is 2.23. The molecular weight excluding hydrogens is 254 g/mol. The Morgan fingerprint density at radius 1 is 1.25 bits per heavy atom. The van der Waals surface area contributed by atoms with Crippen LogP contribution in [0.3, 0.4) is 0 Å². The molecule has 0 saturated carbocycles. The molecule has 0 radical (unpaired) electrons. The molecule has 1 atom stereocenters. The summed E-state index contributed by atoms with van der Waals surface area (Å²) in [6, 6.07) is 3.73.